The minimum absolute atomic E-state index is 0.00556. The maximum atomic E-state index is 11.8. The number of carbonyl (C=O) groups is 1. The Morgan fingerprint density at radius 2 is 1.83 bits per heavy atom. The fourth-order valence-corrected chi connectivity index (χ4v) is 3.28. The summed E-state index contributed by atoms with van der Waals surface area (Å²) in [5.74, 6) is 2.72. The molecule has 0 radical (unpaired) electrons. The van der Waals surface area contributed by atoms with E-state index in [0.29, 0.717) is 24.7 Å². The van der Waals surface area contributed by atoms with Crippen molar-refractivity contribution in [2.24, 2.45) is 0 Å². The molecule has 1 aliphatic rings. The minimum Gasteiger partial charge on any atom is -0.490 e. The van der Waals surface area contributed by atoms with Crippen LogP contribution < -0.4 is 14.8 Å². The van der Waals surface area contributed by atoms with Gasteiger partial charge in [-0.15, -0.1) is 11.8 Å². The molecule has 1 aliphatic heterocycles. The zero-order valence-corrected chi connectivity index (χ0v) is 18.4. The first kappa shape index (κ1) is 22.9. The Kier molecular flexibility index (Phi) is 10.2. The van der Waals surface area contributed by atoms with E-state index in [1.54, 1.807) is 11.8 Å². The van der Waals surface area contributed by atoms with Crippen molar-refractivity contribution in [3.8, 4) is 11.5 Å². The molecule has 0 saturated carbocycles. The molecular weight excluding hydrogens is 382 g/mol. The monoisotopic (exact) mass is 413 g/mol. The summed E-state index contributed by atoms with van der Waals surface area (Å²) in [6.07, 6.45) is 6.03. The number of hydrogen-bond acceptors (Lipinski definition) is 4. The summed E-state index contributed by atoms with van der Waals surface area (Å²) in [7, 11) is 0. The maximum absolute atomic E-state index is 11.8. The fourth-order valence-electron chi connectivity index (χ4n) is 2.58. The van der Waals surface area contributed by atoms with Crippen LogP contribution in [0.1, 0.15) is 31.4 Å². The van der Waals surface area contributed by atoms with Gasteiger partial charge < -0.3 is 14.8 Å². The van der Waals surface area contributed by atoms with E-state index in [0.717, 1.165) is 30.0 Å². The van der Waals surface area contributed by atoms with Crippen molar-refractivity contribution in [2.45, 2.75) is 33.6 Å². The van der Waals surface area contributed by atoms with Gasteiger partial charge in [-0.2, -0.15) is 0 Å². The third kappa shape index (κ3) is 8.65. The second kappa shape index (κ2) is 12.9. The Morgan fingerprint density at radius 3 is 2.52 bits per heavy atom. The second-order valence-electron chi connectivity index (χ2n) is 6.68. The number of thioether (sulfide) groups is 1. The summed E-state index contributed by atoms with van der Waals surface area (Å²) in [4.78, 5) is 11.8. The SMILES string of the molecule is C/C=C/CSCC(=O)Nc1ccc2c(c1)OCCCO2.CCc1ccc(C)cc1. The molecule has 1 N–H and O–H groups in total. The Balaban J connectivity index is 0.000000278. The van der Waals surface area contributed by atoms with Crippen molar-refractivity contribution >= 4 is 23.4 Å². The van der Waals surface area contributed by atoms with Crippen LogP contribution in [0.25, 0.3) is 0 Å². The summed E-state index contributed by atoms with van der Waals surface area (Å²) >= 11 is 1.58. The van der Waals surface area contributed by atoms with Gasteiger partial charge >= 0.3 is 0 Å². The highest BCUT2D eigenvalue weighted by Crippen LogP contribution is 2.32. The average Bonchev–Trinajstić information content (AvgIpc) is 2.97. The highest BCUT2D eigenvalue weighted by molar-refractivity contribution is 8.00. The van der Waals surface area contributed by atoms with Crippen molar-refractivity contribution in [3.63, 3.8) is 0 Å². The number of carbonyl (C=O) groups excluding carboxylic acids is 1. The summed E-state index contributed by atoms with van der Waals surface area (Å²) in [5.41, 5.74) is 3.50. The van der Waals surface area contributed by atoms with Crippen molar-refractivity contribution in [3.05, 3.63) is 65.7 Å². The first-order valence-corrected chi connectivity index (χ1v) is 11.2. The zero-order valence-electron chi connectivity index (χ0n) is 17.6. The number of fused-ring (bicyclic) bond motifs is 1. The Labute approximate surface area is 178 Å². The normalized spacial score (nSPS) is 12.7. The van der Waals surface area contributed by atoms with Crippen LogP contribution in [-0.2, 0) is 11.2 Å². The van der Waals surface area contributed by atoms with Crippen LogP contribution in [0.5, 0.6) is 11.5 Å². The molecule has 0 aromatic heterocycles. The number of amides is 1. The van der Waals surface area contributed by atoms with Gasteiger partial charge in [0.05, 0.1) is 19.0 Å². The lowest BCUT2D eigenvalue weighted by Gasteiger charge is -2.10. The Bertz CT molecular complexity index is 787. The lowest BCUT2D eigenvalue weighted by atomic mass is 10.1. The van der Waals surface area contributed by atoms with Crippen LogP contribution >= 0.6 is 11.8 Å². The molecule has 0 atom stereocenters. The van der Waals surface area contributed by atoms with Gasteiger partial charge in [0.1, 0.15) is 0 Å². The molecule has 0 unspecified atom stereocenters. The molecule has 4 nitrogen and oxygen atoms in total. The van der Waals surface area contributed by atoms with Crippen molar-refractivity contribution in [2.75, 3.05) is 30.0 Å². The van der Waals surface area contributed by atoms with Crippen LogP contribution in [-0.4, -0.2) is 30.6 Å². The average molecular weight is 414 g/mol. The van der Waals surface area contributed by atoms with Crippen molar-refractivity contribution in [1.29, 1.82) is 0 Å². The van der Waals surface area contributed by atoms with E-state index in [2.05, 4.69) is 43.4 Å². The van der Waals surface area contributed by atoms with E-state index in [-0.39, 0.29) is 5.91 Å². The van der Waals surface area contributed by atoms with E-state index < -0.39 is 0 Å². The molecule has 1 amide bonds. The predicted octanol–water partition coefficient (Wildman–Crippen LogP) is 5.65. The van der Waals surface area contributed by atoms with Gasteiger partial charge in [-0.25, -0.2) is 0 Å². The van der Waals surface area contributed by atoms with Crippen LogP contribution in [0.4, 0.5) is 5.69 Å². The van der Waals surface area contributed by atoms with E-state index in [4.69, 9.17) is 9.47 Å². The second-order valence-corrected chi connectivity index (χ2v) is 7.71. The molecular formula is C24H31NO3S. The molecule has 0 fully saturated rings. The number of allylic oxidation sites excluding steroid dienone is 1. The Morgan fingerprint density at radius 1 is 1.10 bits per heavy atom. The van der Waals surface area contributed by atoms with Crippen molar-refractivity contribution in [1.82, 2.24) is 0 Å². The van der Waals surface area contributed by atoms with Gasteiger partial charge in [0, 0.05) is 23.9 Å². The highest BCUT2D eigenvalue weighted by Gasteiger charge is 2.11. The molecule has 156 valence electrons. The number of benzene rings is 2. The topological polar surface area (TPSA) is 47.6 Å². The third-order valence-corrected chi connectivity index (χ3v) is 5.14. The molecule has 0 saturated heterocycles. The zero-order chi connectivity index (χ0) is 20.9. The number of ether oxygens (including phenoxy) is 2. The minimum atomic E-state index is -0.00556. The lowest BCUT2D eigenvalue weighted by Crippen LogP contribution is -2.14. The number of nitrogens with one attached hydrogen (secondary N) is 1. The lowest BCUT2D eigenvalue weighted by molar-refractivity contribution is -0.113. The first-order chi connectivity index (χ1) is 14.1. The van der Waals surface area contributed by atoms with Gasteiger partial charge in [-0.1, -0.05) is 48.9 Å². The summed E-state index contributed by atoms with van der Waals surface area (Å²) in [6, 6.07) is 14.1. The van der Waals surface area contributed by atoms with E-state index in [1.807, 2.05) is 37.3 Å². The van der Waals surface area contributed by atoms with Gasteiger partial charge in [-0.05, 0) is 38.0 Å². The van der Waals surface area contributed by atoms with E-state index >= 15 is 0 Å². The summed E-state index contributed by atoms with van der Waals surface area (Å²) in [5, 5.41) is 2.87. The van der Waals surface area contributed by atoms with Crippen molar-refractivity contribution < 1.29 is 14.3 Å². The maximum Gasteiger partial charge on any atom is 0.234 e. The van der Waals surface area contributed by atoms with Gasteiger partial charge in [0.2, 0.25) is 5.91 Å². The molecule has 0 bridgehead atoms. The highest BCUT2D eigenvalue weighted by atomic mass is 32.2. The predicted molar refractivity (Wildman–Crippen MR) is 123 cm³/mol. The molecule has 2 aromatic carbocycles. The molecule has 3 rings (SSSR count). The molecule has 0 spiro atoms. The van der Waals surface area contributed by atoms with Crippen LogP contribution in [0.15, 0.2) is 54.6 Å². The molecule has 0 aliphatic carbocycles. The Hall–Kier alpha value is -2.40. The fraction of sp³-hybridized carbons (Fsp3) is 0.375. The van der Waals surface area contributed by atoms with E-state index in [9.17, 15) is 4.79 Å². The molecule has 29 heavy (non-hydrogen) atoms. The van der Waals surface area contributed by atoms with Gasteiger partial charge in [0.15, 0.2) is 11.5 Å². The van der Waals surface area contributed by atoms with Crippen LogP contribution in [0.2, 0.25) is 0 Å². The number of anilines is 1. The molecule has 5 heteroatoms. The molecule has 1 heterocycles. The smallest absolute Gasteiger partial charge is 0.234 e. The number of rotatable bonds is 6. The van der Waals surface area contributed by atoms with Crippen LogP contribution in [0.3, 0.4) is 0 Å². The van der Waals surface area contributed by atoms with Crippen LogP contribution in [0, 0.1) is 6.92 Å². The standard InChI is InChI=1S/C15H19NO3S.C9H12/c1-2-3-9-20-11-15(17)16-12-5-6-13-14(10-12)19-8-4-7-18-13;1-3-9-6-4-8(2)5-7-9/h2-3,5-6,10H,4,7-9,11H2,1H3,(H,16,17);4-7H,3H2,1-2H3/b3-2+;. The summed E-state index contributed by atoms with van der Waals surface area (Å²) < 4.78 is 11.1. The number of hydrogen-bond donors (Lipinski definition) is 1. The molecule has 2 aromatic rings. The number of aryl methyl sites for hydroxylation is 2. The first-order valence-electron chi connectivity index (χ1n) is 10.1. The van der Waals surface area contributed by atoms with E-state index in [1.165, 1.54) is 11.1 Å². The third-order valence-electron chi connectivity index (χ3n) is 4.24. The van der Waals surface area contributed by atoms with Gasteiger partial charge in [0.25, 0.3) is 0 Å². The largest absolute Gasteiger partial charge is 0.490 e. The summed E-state index contributed by atoms with van der Waals surface area (Å²) in [6.45, 7) is 7.56. The van der Waals surface area contributed by atoms with Gasteiger partial charge in [-0.3, -0.25) is 4.79 Å². The quantitative estimate of drug-likeness (QED) is 0.491.